The second-order valence-electron chi connectivity index (χ2n) is 5.08. The van der Waals surface area contributed by atoms with Crippen molar-refractivity contribution < 1.29 is 9.90 Å². The van der Waals surface area contributed by atoms with Gasteiger partial charge in [-0.05, 0) is 30.2 Å². The predicted molar refractivity (Wildman–Crippen MR) is 75.7 cm³/mol. The molecule has 1 aromatic heterocycles. The lowest BCUT2D eigenvalue weighted by atomic mass is 10.0. The van der Waals surface area contributed by atoms with Crippen molar-refractivity contribution >= 4 is 17.2 Å². The first-order chi connectivity index (χ1) is 8.50. The molecular formula is C14H23NO2S. The largest absolute Gasteiger partial charge is 0.393 e. The van der Waals surface area contributed by atoms with Crippen LogP contribution in [0.1, 0.15) is 32.1 Å². The molecule has 2 unspecified atom stereocenters. The summed E-state index contributed by atoms with van der Waals surface area (Å²) in [6, 6.07) is 4.06. The van der Waals surface area contributed by atoms with Crippen molar-refractivity contribution in [3.8, 4) is 0 Å². The second kappa shape index (κ2) is 7.54. The number of thiophene rings is 1. The van der Waals surface area contributed by atoms with Gasteiger partial charge in [0.05, 0.1) is 6.10 Å². The van der Waals surface area contributed by atoms with Crippen LogP contribution in [0.4, 0.5) is 0 Å². The zero-order valence-electron chi connectivity index (χ0n) is 11.3. The van der Waals surface area contributed by atoms with Crippen molar-refractivity contribution in [3.63, 3.8) is 0 Å². The van der Waals surface area contributed by atoms with Gasteiger partial charge in [-0.15, -0.1) is 11.3 Å². The molecule has 1 amide bonds. The molecule has 0 aliphatic heterocycles. The number of hydrogen-bond donors (Lipinski definition) is 2. The van der Waals surface area contributed by atoms with Crippen LogP contribution in [0.3, 0.4) is 0 Å². The number of carbonyl (C=O) groups excluding carboxylic acids is 1. The molecule has 18 heavy (non-hydrogen) atoms. The van der Waals surface area contributed by atoms with Gasteiger partial charge >= 0.3 is 0 Å². The highest BCUT2D eigenvalue weighted by atomic mass is 32.1. The molecule has 0 saturated heterocycles. The van der Waals surface area contributed by atoms with E-state index in [4.69, 9.17) is 0 Å². The van der Waals surface area contributed by atoms with Gasteiger partial charge in [0.2, 0.25) is 5.91 Å². The first-order valence-corrected chi connectivity index (χ1v) is 7.36. The van der Waals surface area contributed by atoms with E-state index < -0.39 is 0 Å². The Bertz CT molecular complexity index is 349. The highest BCUT2D eigenvalue weighted by molar-refractivity contribution is 7.09. The van der Waals surface area contributed by atoms with Crippen molar-refractivity contribution in [1.82, 2.24) is 5.32 Å². The van der Waals surface area contributed by atoms with Crippen LogP contribution in [0.25, 0.3) is 0 Å². The summed E-state index contributed by atoms with van der Waals surface area (Å²) in [7, 11) is 0. The normalized spacial score (nSPS) is 14.5. The maximum absolute atomic E-state index is 11.8. The Morgan fingerprint density at radius 1 is 1.44 bits per heavy atom. The molecule has 0 bridgehead atoms. The van der Waals surface area contributed by atoms with Crippen LogP contribution >= 0.6 is 11.3 Å². The second-order valence-corrected chi connectivity index (χ2v) is 6.11. The summed E-state index contributed by atoms with van der Waals surface area (Å²) >= 11 is 1.68. The minimum Gasteiger partial charge on any atom is -0.393 e. The molecule has 0 aromatic carbocycles. The standard InChI is InChI=1S/C14H23NO2S/c1-10(2)13(16)6-7-15-14(17)11(3)9-12-5-4-8-18-12/h4-5,8,10-11,13,16H,6-7,9H2,1-3H3,(H,15,17). The van der Waals surface area contributed by atoms with E-state index in [2.05, 4.69) is 11.4 Å². The van der Waals surface area contributed by atoms with Gasteiger partial charge in [0.15, 0.2) is 0 Å². The van der Waals surface area contributed by atoms with Crippen LogP contribution in [0.15, 0.2) is 17.5 Å². The number of rotatable bonds is 7. The third-order valence-corrected chi connectivity index (χ3v) is 3.94. The van der Waals surface area contributed by atoms with Crippen LogP contribution in [0, 0.1) is 11.8 Å². The van der Waals surface area contributed by atoms with Crippen molar-refractivity contribution in [2.45, 2.75) is 39.7 Å². The first-order valence-electron chi connectivity index (χ1n) is 6.49. The Morgan fingerprint density at radius 3 is 2.72 bits per heavy atom. The molecule has 1 rings (SSSR count). The van der Waals surface area contributed by atoms with E-state index in [0.717, 1.165) is 6.42 Å². The quantitative estimate of drug-likeness (QED) is 0.799. The fourth-order valence-corrected chi connectivity index (χ4v) is 2.51. The Morgan fingerprint density at radius 2 is 2.17 bits per heavy atom. The molecule has 0 aliphatic carbocycles. The molecule has 0 saturated carbocycles. The summed E-state index contributed by atoms with van der Waals surface area (Å²) in [5, 5.41) is 14.5. The van der Waals surface area contributed by atoms with Gasteiger partial charge in [-0.1, -0.05) is 26.8 Å². The number of hydrogen-bond acceptors (Lipinski definition) is 3. The van der Waals surface area contributed by atoms with Crippen LogP contribution in [0.2, 0.25) is 0 Å². The molecule has 1 aromatic rings. The summed E-state index contributed by atoms with van der Waals surface area (Å²) < 4.78 is 0. The fourth-order valence-electron chi connectivity index (χ4n) is 1.67. The van der Waals surface area contributed by atoms with Gasteiger partial charge in [0.25, 0.3) is 0 Å². The molecule has 0 fully saturated rings. The molecular weight excluding hydrogens is 246 g/mol. The molecule has 0 aliphatic rings. The molecule has 0 radical (unpaired) electrons. The van der Waals surface area contributed by atoms with E-state index in [1.807, 2.05) is 32.2 Å². The van der Waals surface area contributed by atoms with Crippen LogP contribution < -0.4 is 5.32 Å². The molecule has 2 atom stereocenters. The first kappa shape index (κ1) is 15.2. The van der Waals surface area contributed by atoms with E-state index in [9.17, 15) is 9.90 Å². The minimum absolute atomic E-state index is 0.0140. The number of aliphatic hydroxyl groups excluding tert-OH is 1. The fraction of sp³-hybridized carbons (Fsp3) is 0.643. The van der Waals surface area contributed by atoms with Gasteiger partial charge in [-0.25, -0.2) is 0 Å². The third kappa shape index (κ3) is 5.19. The third-order valence-electron chi connectivity index (χ3n) is 3.04. The van der Waals surface area contributed by atoms with Gasteiger partial charge in [-0.3, -0.25) is 4.79 Å². The molecule has 0 spiro atoms. The summed E-state index contributed by atoms with van der Waals surface area (Å²) in [6.07, 6.45) is 1.07. The van der Waals surface area contributed by atoms with Crippen molar-refractivity contribution in [2.75, 3.05) is 6.54 Å². The van der Waals surface area contributed by atoms with Crippen molar-refractivity contribution in [2.24, 2.45) is 11.8 Å². The summed E-state index contributed by atoms with van der Waals surface area (Å²) in [4.78, 5) is 13.1. The SMILES string of the molecule is CC(Cc1cccs1)C(=O)NCCC(O)C(C)C. The molecule has 3 nitrogen and oxygen atoms in total. The summed E-state index contributed by atoms with van der Waals surface area (Å²) in [5.41, 5.74) is 0. The summed E-state index contributed by atoms with van der Waals surface area (Å²) in [5.74, 6) is 0.296. The van der Waals surface area contributed by atoms with E-state index in [0.29, 0.717) is 13.0 Å². The topological polar surface area (TPSA) is 49.3 Å². The van der Waals surface area contributed by atoms with Gasteiger partial charge in [-0.2, -0.15) is 0 Å². The van der Waals surface area contributed by atoms with Gasteiger partial charge in [0, 0.05) is 17.3 Å². The zero-order valence-corrected chi connectivity index (χ0v) is 12.2. The lowest BCUT2D eigenvalue weighted by molar-refractivity contribution is -0.124. The van der Waals surface area contributed by atoms with Crippen molar-refractivity contribution in [1.29, 1.82) is 0 Å². The van der Waals surface area contributed by atoms with E-state index in [1.165, 1.54) is 4.88 Å². The molecule has 1 heterocycles. The van der Waals surface area contributed by atoms with Crippen LogP contribution in [-0.2, 0) is 11.2 Å². The van der Waals surface area contributed by atoms with Crippen LogP contribution in [0.5, 0.6) is 0 Å². The average molecular weight is 269 g/mol. The lowest BCUT2D eigenvalue weighted by Gasteiger charge is -2.16. The number of carbonyl (C=O) groups is 1. The highest BCUT2D eigenvalue weighted by Gasteiger charge is 2.15. The monoisotopic (exact) mass is 269 g/mol. The maximum Gasteiger partial charge on any atom is 0.223 e. The van der Waals surface area contributed by atoms with E-state index in [1.54, 1.807) is 11.3 Å². The number of amides is 1. The van der Waals surface area contributed by atoms with Crippen LogP contribution in [-0.4, -0.2) is 23.7 Å². The van der Waals surface area contributed by atoms with Gasteiger partial charge in [0.1, 0.15) is 0 Å². The molecule has 102 valence electrons. The Balaban J connectivity index is 2.24. The molecule has 2 N–H and O–H groups in total. The Labute approximate surface area is 113 Å². The predicted octanol–water partition coefficient (Wildman–Crippen LogP) is 2.45. The summed E-state index contributed by atoms with van der Waals surface area (Å²) in [6.45, 7) is 6.44. The van der Waals surface area contributed by atoms with E-state index >= 15 is 0 Å². The minimum atomic E-state index is -0.335. The van der Waals surface area contributed by atoms with E-state index in [-0.39, 0.29) is 23.8 Å². The number of aliphatic hydroxyl groups is 1. The number of nitrogens with one attached hydrogen (secondary N) is 1. The average Bonchev–Trinajstić information content (AvgIpc) is 2.81. The van der Waals surface area contributed by atoms with Gasteiger partial charge < -0.3 is 10.4 Å². The Kier molecular flexibility index (Phi) is 6.36. The Hall–Kier alpha value is -0.870. The highest BCUT2D eigenvalue weighted by Crippen LogP contribution is 2.14. The maximum atomic E-state index is 11.8. The smallest absolute Gasteiger partial charge is 0.223 e. The zero-order chi connectivity index (χ0) is 13.5. The van der Waals surface area contributed by atoms with Crippen molar-refractivity contribution in [3.05, 3.63) is 22.4 Å². The molecule has 4 heteroatoms. The lowest BCUT2D eigenvalue weighted by Crippen LogP contribution is -2.33.